The number of hydrogen-bond donors (Lipinski definition) is 3. The number of halogens is 3. The van der Waals surface area contributed by atoms with Crippen molar-refractivity contribution >= 4 is 58.7 Å². The van der Waals surface area contributed by atoms with Gasteiger partial charge < -0.3 is 45.3 Å². The summed E-state index contributed by atoms with van der Waals surface area (Å²) in [5.74, 6) is -1.44. The summed E-state index contributed by atoms with van der Waals surface area (Å²) in [6.45, 7) is 2.50. The van der Waals surface area contributed by atoms with E-state index in [2.05, 4.69) is 22.0 Å². The number of para-hydroxylation sites is 2. The predicted octanol–water partition coefficient (Wildman–Crippen LogP) is 6.09. The van der Waals surface area contributed by atoms with Crippen LogP contribution in [0.5, 0.6) is 0 Å². The van der Waals surface area contributed by atoms with Gasteiger partial charge in [0.25, 0.3) is 11.8 Å². The molecular weight excluding hydrogens is 970 g/mol. The number of nitrogens with zero attached hydrogens (tertiary/aromatic N) is 9. The minimum Gasteiger partial charge on any atom is -0.338 e. The zero-order chi connectivity index (χ0) is 52.4. The Labute approximate surface area is 433 Å². The quantitative estimate of drug-likeness (QED) is 0.221. The number of likely N-dealkylation sites (N-methyl/N-ethyl adjacent to an activating group) is 1. The number of piperidine rings is 2. The first kappa shape index (κ1) is 51.1. The first-order valence-corrected chi connectivity index (χ1v) is 26.2. The molecule has 396 valence electrons. The zero-order valence-electron chi connectivity index (χ0n) is 42.1. The van der Waals surface area contributed by atoms with E-state index in [0.29, 0.717) is 93.2 Å². The minimum atomic E-state index is -4.78. The molecule has 18 nitrogen and oxygen atoms in total. The Morgan fingerprint density at radius 2 is 1.24 bits per heavy atom. The molecule has 6 aliphatic heterocycles. The van der Waals surface area contributed by atoms with Gasteiger partial charge in [-0.1, -0.05) is 66.7 Å². The second kappa shape index (κ2) is 21.8. The van der Waals surface area contributed by atoms with Gasteiger partial charge in [0.2, 0.25) is 12.3 Å². The molecule has 6 heterocycles. The van der Waals surface area contributed by atoms with Gasteiger partial charge in [0, 0.05) is 94.7 Å². The molecule has 3 aromatic carbocycles. The Morgan fingerprint density at radius 1 is 0.667 bits per heavy atom. The van der Waals surface area contributed by atoms with Crippen LogP contribution in [0.4, 0.5) is 43.7 Å². The highest BCUT2D eigenvalue weighted by Gasteiger charge is 2.42. The number of hydrogen-bond acceptors (Lipinski definition) is 8. The topological polar surface area (TPSA) is 186 Å². The monoisotopic (exact) mass is 1030 g/mol. The van der Waals surface area contributed by atoms with Crippen molar-refractivity contribution in [2.75, 3.05) is 82.3 Å². The van der Waals surface area contributed by atoms with E-state index in [1.165, 1.54) is 11.0 Å². The predicted molar refractivity (Wildman–Crippen MR) is 276 cm³/mol. The van der Waals surface area contributed by atoms with Gasteiger partial charge >= 0.3 is 30.3 Å². The van der Waals surface area contributed by atoms with Crippen LogP contribution >= 0.6 is 0 Å². The molecule has 0 aromatic heterocycles. The molecule has 7 aliphatic rings. The van der Waals surface area contributed by atoms with Gasteiger partial charge in [-0.15, -0.1) is 0 Å². The number of rotatable bonds is 10. The standard InChI is InChI=1S/C54H63F3N12O6/c1-63-32-33-67(53(63)75)39-23-29-65(30-24-39)52(74)62-47-49(71)69(34-54(55,56)57)43-15-8-6-13-41(43)45(60-47)37-18-16-35(17-19-37)20-31-68-42-14-7-5-12-40(42)44(36-10-3-2-4-11-36)59-46(48(68)70)61-51(73)64-27-21-38(22-28-64)66-26-9-25-58-50(66)72/h5-8,10,12-19,38-39,46-47H,2-4,9,11,20-34H2,1H3,(H,58,72)(H,61,73)(H,62,74)/t46-,47-/m0/s1. The number of aliphatic imine (C=N–C) groups is 2. The molecule has 0 bridgehead atoms. The Hall–Kier alpha value is -7.45. The third kappa shape index (κ3) is 11.0. The normalized spacial score (nSPS) is 22.2. The summed E-state index contributed by atoms with van der Waals surface area (Å²) < 4.78 is 42.7. The van der Waals surface area contributed by atoms with Crippen LogP contribution in [0.1, 0.15) is 80.0 Å². The summed E-state index contributed by atoms with van der Waals surface area (Å²) in [5.41, 5.74) is 4.88. The molecule has 3 N–H and O–H groups in total. The summed E-state index contributed by atoms with van der Waals surface area (Å²) in [5, 5.41) is 8.54. The number of anilines is 2. The van der Waals surface area contributed by atoms with Gasteiger partial charge in [-0.2, -0.15) is 13.2 Å². The van der Waals surface area contributed by atoms with Gasteiger partial charge in [0.1, 0.15) is 6.54 Å². The van der Waals surface area contributed by atoms with E-state index >= 15 is 0 Å². The Bertz CT molecular complexity index is 2790. The SMILES string of the molecule is CN1CCN(C2CCN(C(=O)N[C@@H]3N=C(c4ccc(CCN5C(=O)[C@H](NC(=O)N6CCC(N7CCCNC7=O)CC6)N=C(C6=CCCCC6)c6ccccc65)cc4)c4ccccc4N(CC(F)(F)F)C3=O)CC2)C1=O. The van der Waals surface area contributed by atoms with E-state index < -0.39 is 48.9 Å². The average Bonchev–Trinajstić information content (AvgIpc) is 3.65. The molecule has 0 unspecified atom stereocenters. The van der Waals surface area contributed by atoms with Crippen molar-refractivity contribution in [3.05, 3.63) is 107 Å². The maximum atomic E-state index is 14.9. The Kier molecular flexibility index (Phi) is 14.8. The molecule has 10 rings (SSSR count). The summed E-state index contributed by atoms with van der Waals surface area (Å²) in [7, 11) is 1.74. The third-order valence-corrected chi connectivity index (χ3v) is 15.5. The number of benzodiazepines with no additional fused rings is 2. The molecule has 0 saturated carbocycles. The molecule has 10 amide bonds. The number of carbonyl (C=O) groups is 6. The second-order valence-electron chi connectivity index (χ2n) is 20.3. The fourth-order valence-corrected chi connectivity index (χ4v) is 11.4. The van der Waals surface area contributed by atoms with Crippen molar-refractivity contribution in [3.8, 4) is 0 Å². The summed E-state index contributed by atoms with van der Waals surface area (Å²) in [6, 6.07) is 19.8. The largest absolute Gasteiger partial charge is 0.406 e. The summed E-state index contributed by atoms with van der Waals surface area (Å²) >= 11 is 0. The molecule has 1 aliphatic carbocycles. The minimum absolute atomic E-state index is 0.0120. The summed E-state index contributed by atoms with van der Waals surface area (Å²) in [4.78, 5) is 103. The van der Waals surface area contributed by atoms with E-state index in [9.17, 15) is 41.9 Å². The lowest BCUT2D eigenvalue weighted by molar-refractivity contribution is -0.133. The van der Waals surface area contributed by atoms with Gasteiger partial charge in [-0.25, -0.2) is 29.2 Å². The lowest BCUT2D eigenvalue weighted by Crippen LogP contribution is -2.57. The number of allylic oxidation sites excluding steroid dienone is 2. The number of nitrogens with one attached hydrogen (secondary N) is 3. The second-order valence-corrected chi connectivity index (χ2v) is 20.3. The van der Waals surface area contributed by atoms with Crippen LogP contribution in [0, 0.1) is 0 Å². The number of likely N-dealkylation sites (tertiary alicyclic amines) is 2. The van der Waals surface area contributed by atoms with Gasteiger partial charge in [-0.05, 0) is 87.5 Å². The smallest absolute Gasteiger partial charge is 0.338 e. The van der Waals surface area contributed by atoms with Gasteiger partial charge in [0.05, 0.1) is 22.8 Å². The Morgan fingerprint density at radius 3 is 1.81 bits per heavy atom. The average molecular weight is 1030 g/mol. The zero-order valence-corrected chi connectivity index (χ0v) is 42.1. The molecule has 0 spiro atoms. The van der Waals surface area contributed by atoms with Crippen molar-refractivity contribution in [2.45, 2.75) is 94.8 Å². The first-order chi connectivity index (χ1) is 36.2. The number of fused-ring (bicyclic) bond motifs is 2. The number of alkyl halides is 3. The number of amides is 10. The molecule has 3 aromatic rings. The van der Waals surface area contributed by atoms with E-state index in [0.717, 1.165) is 48.8 Å². The molecule has 0 radical (unpaired) electrons. The highest BCUT2D eigenvalue weighted by Crippen LogP contribution is 2.34. The van der Waals surface area contributed by atoms with Crippen molar-refractivity contribution < 1.29 is 41.9 Å². The van der Waals surface area contributed by atoms with E-state index in [1.807, 2.05) is 41.3 Å². The van der Waals surface area contributed by atoms with Crippen LogP contribution < -0.4 is 25.8 Å². The van der Waals surface area contributed by atoms with Crippen molar-refractivity contribution in [1.82, 2.24) is 40.4 Å². The molecule has 75 heavy (non-hydrogen) atoms. The van der Waals surface area contributed by atoms with Crippen molar-refractivity contribution in [3.63, 3.8) is 0 Å². The van der Waals surface area contributed by atoms with Crippen LogP contribution in [0.15, 0.2) is 94.4 Å². The lowest BCUT2D eigenvalue weighted by Gasteiger charge is -2.40. The summed E-state index contributed by atoms with van der Waals surface area (Å²) in [6.07, 6.45) is 1.59. The fourth-order valence-electron chi connectivity index (χ4n) is 11.4. The number of urea groups is 4. The highest BCUT2D eigenvalue weighted by atomic mass is 19.4. The molecule has 2 atom stereocenters. The van der Waals surface area contributed by atoms with Crippen LogP contribution in [0.2, 0.25) is 0 Å². The molecule has 4 fully saturated rings. The first-order valence-electron chi connectivity index (χ1n) is 26.2. The molecular formula is C54H63F3N12O6. The number of carbonyl (C=O) groups excluding carboxylic acids is 6. The Balaban J connectivity index is 0.882. The van der Waals surface area contributed by atoms with Crippen molar-refractivity contribution in [2.24, 2.45) is 9.98 Å². The van der Waals surface area contributed by atoms with Crippen LogP contribution in [0.25, 0.3) is 0 Å². The van der Waals surface area contributed by atoms with E-state index in [1.54, 1.807) is 57.0 Å². The fraction of sp³-hybridized carbons (Fsp3) is 0.481. The lowest BCUT2D eigenvalue weighted by atomic mass is 9.91. The molecule has 4 saturated heterocycles. The maximum Gasteiger partial charge on any atom is 0.406 e. The van der Waals surface area contributed by atoms with E-state index in [-0.39, 0.29) is 60.7 Å². The van der Waals surface area contributed by atoms with Crippen LogP contribution in [0.3, 0.4) is 0 Å². The van der Waals surface area contributed by atoms with E-state index in [4.69, 9.17) is 9.98 Å². The van der Waals surface area contributed by atoms with Crippen LogP contribution in [-0.2, 0) is 16.0 Å². The van der Waals surface area contributed by atoms with Crippen LogP contribution in [-0.4, -0.2) is 175 Å². The maximum absolute atomic E-state index is 14.9. The van der Waals surface area contributed by atoms with Gasteiger partial charge in [-0.3, -0.25) is 14.5 Å². The number of benzene rings is 3. The molecule has 21 heteroatoms. The third-order valence-electron chi connectivity index (χ3n) is 15.5. The van der Waals surface area contributed by atoms with Gasteiger partial charge in [0.15, 0.2) is 0 Å². The highest BCUT2D eigenvalue weighted by molar-refractivity contribution is 6.21. The van der Waals surface area contributed by atoms with Crippen molar-refractivity contribution in [1.29, 1.82) is 0 Å².